The molecule has 1 unspecified atom stereocenters. The zero-order valence-electron chi connectivity index (χ0n) is 10.3. The van der Waals surface area contributed by atoms with Gasteiger partial charge in [0.25, 0.3) is 0 Å². The van der Waals surface area contributed by atoms with E-state index in [1.54, 1.807) is 7.11 Å². The van der Waals surface area contributed by atoms with Crippen molar-refractivity contribution in [2.75, 3.05) is 26.8 Å². The Bertz CT molecular complexity index is 302. The molecule has 1 heterocycles. The molecule has 2 rings (SSSR count). The molecule has 0 aromatic rings. The molecule has 0 aromatic carbocycles. The minimum atomic E-state index is -0.167. The van der Waals surface area contributed by atoms with Crippen molar-refractivity contribution < 1.29 is 14.3 Å². The largest absolute Gasteiger partial charge is 0.383 e. The summed E-state index contributed by atoms with van der Waals surface area (Å²) in [7, 11) is 1.60. The van der Waals surface area contributed by atoms with Crippen LogP contribution in [0.5, 0.6) is 0 Å². The molecular weight excluding hydrogens is 220 g/mol. The van der Waals surface area contributed by atoms with E-state index in [1.165, 1.54) is 6.42 Å². The van der Waals surface area contributed by atoms with E-state index in [2.05, 4.69) is 5.32 Å². The van der Waals surface area contributed by atoms with E-state index >= 15 is 0 Å². The summed E-state index contributed by atoms with van der Waals surface area (Å²) in [5, 5.41) is 2.80. The molecule has 1 N–H and O–H groups in total. The Hall–Kier alpha value is -1.10. The van der Waals surface area contributed by atoms with Gasteiger partial charge in [0.05, 0.1) is 12.5 Å². The second kappa shape index (κ2) is 5.49. The summed E-state index contributed by atoms with van der Waals surface area (Å²) in [5.74, 6) is -0.0428. The number of amides is 2. The molecular formula is C12H20N2O3. The number of hydrogen-bond donors (Lipinski definition) is 1. The fraction of sp³-hybridized carbons (Fsp3) is 0.833. The van der Waals surface area contributed by atoms with Gasteiger partial charge in [-0.05, 0) is 19.3 Å². The van der Waals surface area contributed by atoms with Gasteiger partial charge in [-0.15, -0.1) is 0 Å². The minimum Gasteiger partial charge on any atom is -0.383 e. The van der Waals surface area contributed by atoms with E-state index in [4.69, 9.17) is 4.74 Å². The SMILES string of the molecule is COCCNC(=O)C1CC(=O)N(C2CCC2)C1. The standard InChI is InChI=1S/C12H20N2O3/c1-17-6-5-13-12(16)9-7-11(15)14(8-9)10-3-2-4-10/h9-10H,2-8H2,1H3,(H,13,16). The van der Waals surface area contributed by atoms with Crippen molar-refractivity contribution in [3.05, 3.63) is 0 Å². The molecule has 0 radical (unpaired) electrons. The van der Waals surface area contributed by atoms with Crippen LogP contribution in [0.3, 0.4) is 0 Å². The van der Waals surface area contributed by atoms with Gasteiger partial charge >= 0.3 is 0 Å². The van der Waals surface area contributed by atoms with Crippen molar-refractivity contribution in [1.29, 1.82) is 0 Å². The summed E-state index contributed by atoms with van der Waals surface area (Å²) in [6.07, 6.45) is 3.78. The molecule has 1 saturated carbocycles. The highest BCUT2D eigenvalue weighted by molar-refractivity contribution is 5.89. The summed E-state index contributed by atoms with van der Waals surface area (Å²) < 4.78 is 4.87. The predicted octanol–water partition coefficient (Wildman–Crippen LogP) is 0.150. The minimum absolute atomic E-state index is 0.0165. The van der Waals surface area contributed by atoms with Gasteiger partial charge in [0.1, 0.15) is 0 Å². The van der Waals surface area contributed by atoms with Crippen LogP contribution in [-0.2, 0) is 14.3 Å². The lowest BCUT2D eigenvalue weighted by Gasteiger charge is -2.34. The van der Waals surface area contributed by atoms with Crippen molar-refractivity contribution in [3.63, 3.8) is 0 Å². The Morgan fingerprint density at radius 1 is 1.53 bits per heavy atom. The molecule has 96 valence electrons. The van der Waals surface area contributed by atoms with Crippen LogP contribution in [0, 0.1) is 5.92 Å². The molecule has 0 aromatic heterocycles. The van der Waals surface area contributed by atoms with E-state index < -0.39 is 0 Å². The Labute approximate surface area is 101 Å². The molecule has 1 aliphatic carbocycles. The maximum atomic E-state index is 11.8. The average molecular weight is 240 g/mol. The first-order valence-corrected chi connectivity index (χ1v) is 6.28. The first-order chi connectivity index (χ1) is 8.22. The van der Waals surface area contributed by atoms with Gasteiger partial charge in [0, 0.05) is 32.7 Å². The molecule has 0 spiro atoms. The van der Waals surface area contributed by atoms with E-state index in [9.17, 15) is 9.59 Å². The summed E-state index contributed by atoms with van der Waals surface area (Å²) in [6, 6.07) is 0.402. The predicted molar refractivity (Wildman–Crippen MR) is 62.3 cm³/mol. The van der Waals surface area contributed by atoms with Gasteiger partial charge in [0.2, 0.25) is 11.8 Å². The third-order valence-electron chi connectivity index (χ3n) is 3.65. The topological polar surface area (TPSA) is 58.6 Å². The number of rotatable bonds is 5. The molecule has 2 aliphatic rings. The first-order valence-electron chi connectivity index (χ1n) is 6.28. The number of carbonyl (C=O) groups excluding carboxylic acids is 2. The van der Waals surface area contributed by atoms with E-state index in [0.29, 0.717) is 32.2 Å². The average Bonchev–Trinajstić information content (AvgIpc) is 2.59. The Kier molecular flexibility index (Phi) is 3.99. The summed E-state index contributed by atoms with van der Waals surface area (Å²) in [5.41, 5.74) is 0. The molecule has 17 heavy (non-hydrogen) atoms. The lowest BCUT2D eigenvalue weighted by atomic mass is 9.92. The van der Waals surface area contributed by atoms with Gasteiger partial charge in [-0.25, -0.2) is 0 Å². The molecule has 1 atom stereocenters. The normalized spacial score (nSPS) is 24.9. The van der Waals surface area contributed by atoms with Crippen molar-refractivity contribution in [1.82, 2.24) is 10.2 Å². The van der Waals surface area contributed by atoms with E-state index in [-0.39, 0.29) is 17.7 Å². The smallest absolute Gasteiger partial charge is 0.225 e. The number of likely N-dealkylation sites (tertiary alicyclic amines) is 1. The van der Waals surface area contributed by atoms with Crippen LogP contribution >= 0.6 is 0 Å². The van der Waals surface area contributed by atoms with Crippen LogP contribution in [0.2, 0.25) is 0 Å². The van der Waals surface area contributed by atoms with Crippen molar-refractivity contribution in [2.45, 2.75) is 31.7 Å². The number of nitrogens with one attached hydrogen (secondary N) is 1. The van der Waals surface area contributed by atoms with Crippen LogP contribution in [0.1, 0.15) is 25.7 Å². The number of ether oxygens (including phenoxy) is 1. The van der Waals surface area contributed by atoms with Gasteiger partial charge in [-0.3, -0.25) is 9.59 Å². The summed E-state index contributed by atoms with van der Waals surface area (Å²) in [4.78, 5) is 25.5. The highest BCUT2D eigenvalue weighted by atomic mass is 16.5. The highest BCUT2D eigenvalue weighted by Gasteiger charge is 2.39. The third-order valence-corrected chi connectivity index (χ3v) is 3.65. The van der Waals surface area contributed by atoms with Crippen LogP contribution in [-0.4, -0.2) is 49.6 Å². The fourth-order valence-corrected chi connectivity index (χ4v) is 2.38. The van der Waals surface area contributed by atoms with Crippen molar-refractivity contribution in [2.24, 2.45) is 5.92 Å². The second-order valence-electron chi connectivity index (χ2n) is 4.82. The highest BCUT2D eigenvalue weighted by Crippen LogP contribution is 2.30. The number of carbonyl (C=O) groups is 2. The summed E-state index contributed by atoms with van der Waals surface area (Å²) in [6.45, 7) is 1.63. The van der Waals surface area contributed by atoms with Crippen LogP contribution < -0.4 is 5.32 Å². The Morgan fingerprint density at radius 2 is 2.29 bits per heavy atom. The second-order valence-corrected chi connectivity index (χ2v) is 4.82. The lowest BCUT2D eigenvalue weighted by Crippen LogP contribution is -2.42. The molecule has 5 heteroatoms. The van der Waals surface area contributed by atoms with Crippen LogP contribution in [0.4, 0.5) is 0 Å². The van der Waals surface area contributed by atoms with E-state index in [0.717, 1.165) is 12.8 Å². The molecule has 0 bridgehead atoms. The Balaban J connectivity index is 1.79. The number of hydrogen-bond acceptors (Lipinski definition) is 3. The van der Waals surface area contributed by atoms with Gasteiger partial charge < -0.3 is 15.0 Å². The number of nitrogens with zero attached hydrogens (tertiary/aromatic N) is 1. The van der Waals surface area contributed by atoms with Crippen molar-refractivity contribution >= 4 is 11.8 Å². The Morgan fingerprint density at radius 3 is 2.88 bits per heavy atom. The summed E-state index contributed by atoms with van der Waals surface area (Å²) >= 11 is 0. The monoisotopic (exact) mass is 240 g/mol. The quantitative estimate of drug-likeness (QED) is 0.696. The lowest BCUT2D eigenvalue weighted by molar-refractivity contribution is -0.131. The molecule has 5 nitrogen and oxygen atoms in total. The van der Waals surface area contributed by atoms with Gasteiger partial charge in [-0.2, -0.15) is 0 Å². The zero-order chi connectivity index (χ0) is 12.3. The van der Waals surface area contributed by atoms with Gasteiger partial charge in [0.15, 0.2) is 0 Å². The van der Waals surface area contributed by atoms with Gasteiger partial charge in [-0.1, -0.05) is 0 Å². The zero-order valence-corrected chi connectivity index (χ0v) is 10.3. The molecule has 2 fully saturated rings. The maximum Gasteiger partial charge on any atom is 0.225 e. The van der Waals surface area contributed by atoms with Crippen LogP contribution in [0.15, 0.2) is 0 Å². The first kappa shape index (κ1) is 12.4. The maximum absolute atomic E-state index is 11.8. The van der Waals surface area contributed by atoms with E-state index in [1.807, 2.05) is 4.90 Å². The third kappa shape index (κ3) is 2.77. The molecule has 2 amide bonds. The molecule has 1 aliphatic heterocycles. The van der Waals surface area contributed by atoms with Crippen molar-refractivity contribution in [3.8, 4) is 0 Å². The van der Waals surface area contributed by atoms with Crippen LogP contribution in [0.25, 0.3) is 0 Å². The molecule has 1 saturated heterocycles. The fourth-order valence-electron chi connectivity index (χ4n) is 2.38. The number of methoxy groups -OCH3 is 1.